The van der Waals surface area contributed by atoms with Gasteiger partial charge in [-0.25, -0.2) is 0 Å². The first-order valence-corrected chi connectivity index (χ1v) is 10.8. The molecule has 2 atom stereocenters. The number of hydrogen-bond donors (Lipinski definition) is 0. The molecule has 1 saturated carbocycles. The van der Waals surface area contributed by atoms with Crippen LogP contribution in [0.5, 0.6) is 11.5 Å². The van der Waals surface area contributed by atoms with Gasteiger partial charge in [0.15, 0.2) is 23.9 Å². The van der Waals surface area contributed by atoms with Crippen LogP contribution in [0.4, 0.5) is 0 Å². The molecule has 1 spiro atoms. The lowest BCUT2D eigenvalue weighted by molar-refractivity contribution is -0.866. The number of benzene rings is 2. The van der Waals surface area contributed by atoms with Gasteiger partial charge in [0.25, 0.3) is 0 Å². The fourth-order valence-corrected chi connectivity index (χ4v) is 5.89. The summed E-state index contributed by atoms with van der Waals surface area (Å²) in [5, 5.41) is 0. The van der Waals surface area contributed by atoms with Crippen LogP contribution in [0.2, 0.25) is 0 Å². The van der Waals surface area contributed by atoms with Crippen molar-refractivity contribution in [2.75, 3.05) is 0 Å². The molecule has 4 nitrogen and oxygen atoms in total. The number of nitrogens with zero attached hydrogens (tertiary/aromatic N) is 2. The van der Waals surface area contributed by atoms with Crippen LogP contribution < -0.4 is 9.47 Å². The fraction of sp³-hybridized carbons (Fsp3) is 0.440. The number of fused-ring (bicyclic) bond motifs is 5. The average Bonchev–Trinajstić information content (AvgIpc) is 2.95. The molecular formula is C25H28N2O2+2. The second-order valence-corrected chi connectivity index (χ2v) is 9.24. The van der Waals surface area contributed by atoms with Crippen molar-refractivity contribution >= 4 is 12.4 Å². The van der Waals surface area contributed by atoms with E-state index in [1.807, 2.05) is 0 Å². The van der Waals surface area contributed by atoms with E-state index >= 15 is 0 Å². The van der Waals surface area contributed by atoms with Crippen molar-refractivity contribution in [3.05, 3.63) is 57.6 Å². The van der Waals surface area contributed by atoms with Gasteiger partial charge in [0.2, 0.25) is 12.1 Å². The van der Waals surface area contributed by atoms with Gasteiger partial charge in [-0.2, -0.15) is 0 Å². The molecular weight excluding hydrogens is 360 g/mol. The molecule has 29 heavy (non-hydrogen) atoms. The second kappa shape index (κ2) is 5.71. The predicted molar refractivity (Wildman–Crippen MR) is 113 cm³/mol. The SMILES string of the molecule is Cc1cc(C)c2c(c1)C=[N+]1[C@@H]3CCCC[C@H]3[N+]3=Cc4cc(C)cc(C)c4OC13O2. The molecule has 1 aliphatic carbocycles. The molecule has 0 aromatic heterocycles. The molecule has 0 unspecified atom stereocenters. The molecule has 2 aromatic carbocycles. The summed E-state index contributed by atoms with van der Waals surface area (Å²) in [5.41, 5.74) is 7.18. The summed E-state index contributed by atoms with van der Waals surface area (Å²) in [6.07, 6.45) is 9.47. The number of aryl methyl sites for hydroxylation is 4. The van der Waals surface area contributed by atoms with E-state index in [0.717, 1.165) is 33.8 Å². The molecule has 1 saturated heterocycles. The zero-order valence-electron chi connectivity index (χ0n) is 17.7. The van der Waals surface area contributed by atoms with E-state index in [1.165, 1.54) is 36.8 Å². The van der Waals surface area contributed by atoms with Crippen molar-refractivity contribution in [3.8, 4) is 11.5 Å². The molecule has 6 rings (SSSR count). The van der Waals surface area contributed by atoms with Gasteiger partial charge in [-0.1, -0.05) is 21.3 Å². The topological polar surface area (TPSA) is 24.5 Å². The maximum atomic E-state index is 6.83. The van der Waals surface area contributed by atoms with Crippen LogP contribution in [0.3, 0.4) is 0 Å². The quantitative estimate of drug-likeness (QED) is 0.632. The van der Waals surface area contributed by atoms with Gasteiger partial charge in [-0.3, -0.25) is 0 Å². The van der Waals surface area contributed by atoms with Gasteiger partial charge in [-0.05, 0) is 74.9 Å². The minimum absolute atomic E-state index is 0.407. The van der Waals surface area contributed by atoms with E-state index in [0.29, 0.717) is 12.1 Å². The number of hydrogen-bond acceptors (Lipinski definition) is 2. The molecule has 148 valence electrons. The summed E-state index contributed by atoms with van der Waals surface area (Å²) in [6, 6.07) is 8.74. The molecule has 0 amide bonds. The third kappa shape index (κ3) is 2.26. The largest absolute Gasteiger partial charge is 0.704 e. The van der Waals surface area contributed by atoms with E-state index in [1.54, 1.807) is 0 Å². The van der Waals surface area contributed by atoms with Crippen molar-refractivity contribution < 1.29 is 18.6 Å². The van der Waals surface area contributed by atoms with Gasteiger partial charge in [0, 0.05) is 12.8 Å². The van der Waals surface area contributed by atoms with Gasteiger partial charge >= 0.3 is 6.03 Å². The standard InChI is InChI=1S/C25H28N2O2/c1-15-9-17(3)23-19(11-15)13-26-21-7-5-6-8-22(21)27-14-20-12-16(2)10-18(4)24(20)29-25(26,27)28-23/h9-14,21-22H,5-8H2,1-4H3/q+2/t21-,22-,25?/m1/s1. The highest BCUT2D eigenvalue weighted by molar-refractivity contribution is 5.84. The summed E-state index contributed by atoms with van der Waals surface area (Å²) in [6.45, 7) is 8.57. The minimum atomic E-state index is -0.917. The van der Waals surface area contributed by atoms with Crippen LogP contribution in [0, 0.1) is 27.7 Å². The Bertz CT molecular complexity index is 1040. The lowest BCUT2D eigenvalue weighted by Gasteiger charge is -2.29. The first-order valence-electron chi connectivity index (χ1n) is 10.8. The van der Waals surface area contributed by atoms with Crippen molar-refractivity contribution in [2.24, 2.45) is 0 Å². The van der Waals surface area contributed by atoms with Crippen LogP contribution in [-0.2, 0) is 0 Å². The highest BCUT2D eigenvalue weighted by atomic mass is 16.7. The molecule has 4 aliphatic rings. The molecule has 0 N–H and O–H groups in total. The molecule has 4 heteroatoms. The minimum Gasteiger partial charge on any atom is -0.340 e. The summed E-state index contributed by atoms with van der Waals surface area (Å²) in [4.78, 5) is 0. The Morgan fingerprint density at radius 3 is 1.62 bits per heavy atom. The molecule has 0 bridgehead atoms. The van der Waals surface area contributed by atoms with Gasteiger partial charge in [-0.15, -0.1) is 0 Å². The fourth-order valence-electron chi connectivity index (χ4n) is 5.89. The molecule has 0 radical (unpaired) electrons. The second-order valence-electron chi connectivity index (χ2n) is 9.24. The monoisotopic (exact) mass is 388 g/mol. The highest BCUT2D eigenvalue weighted by Crippen LogP contribution is 2.45. The molecule has 3 aliphatic heterocycles. The summed E-state index contributed by atoms with van der Waals surface area (Å²) in [7, 11) is 0. The van der Waals surface area contributed by atoms with Crippen LogP contribution in [0.25, 0.3) is 0 Å². The lowest BCUT2D eigenvalue weighted by Crippen LogP contribution is -2.60. The highest BCUT2D eigenvalue weighted by Gasteiger charge is 2.76. The van der Waals surface area contributed by atoms with Crippen molar-refractivity contribution in [2.45, 2.75) is 71.5 Å². The smallest absolute Gasteiger partial charge is 0.340 e. The maximum absolute atomic E-state index is 6.83. The van der Waals surface area contributed by atoms with E-state index in [4.69, 9.17) is 9.47 Å². The van der Waals surface area contributed by atoms with E-state index < -0.39 is 6.03 Å². The third-order valence-electron chi connectivity index (χ3n) is 6.98. The summed E-state index contributed by atoms with van der Waals surface area (Å²) >= 11 is 0. The number of ether oxygens (including phenoxy) is 2. The molecule has 2 aromatic rings. The van der Waals surface area contributed by atoms with Gasteiger partial charge in [0.05, 0.1) is 11.1 Å². The Labute approximate surface area is 172 Å². The first kappa shape index (κ1) is 17.3. The van der Waals surface area contributed by atoms with E-state index in [9.17, 15) is 0 Å². The lowest BCUT2D eigenvalue weighted by atomic mass is 9.91. The summed E-state index contributed by atoms with van der Waals surface area (Å²) < 4.78 is 18.4. The Kier molecular flexibility index (Phi) is 3.40. The van der Waals surface area contributed by atoms with Crippen LogP contribution in [-0.4, -0.2) is 39.7 Å². The van der Waals surface area contributed by atoms with Crippen LogP contribution >= 0.6 is 0 Å². The predicted octanol–water partition coefficient (Wildman–Crippen LogP) is 4.20. The van der Waals surface area contributed by atoms with Gasteiger partial charge in [0.1, 0.15) is 0 Å². The van der Waals surface area contributed by atoms with Crippen molar-refractivity contribution in [1.29, 1.82) is 0 Å². The Balaban J connectivity index is 1.62. The average molecular weight is 389 g/mol. The van der Waals surface area contributed by atoms with Crippen LogP contribution in [0.15, 0.2) is 24.3 Å². The van der Waals surface area contributed by atoms with Gasteiger partial charge < -0.3 is 9.47 Å². The Morgan fingerprint density at radius 1 is 0.724 bits per heavy atom. The van der Waals surface area contributed by atoms with Crippen molar-refractivity contribution in [1.82, 2.24) is 0 Å². The Morgan fingerprint density at radius 2 is 1.17 bits per heavy atom. The number of rotatable bonds is 0. The Hall–Kier alpha value is -2.62. The first-order chi connectivity index (χ1) is 14.0. The molecule has 3 heterocycles. The zero-order valence-corrected chi connectivity index (χ0v) is 17.7. The van der Waals surface area contributed by atoms with E-state index in [2.05, 4.69) is 73.5 Å². The maximum Gasteiger partial charge on any atom is 0.704 e. The van der Waals surface area contributed by atoms with Crippen molar-refractivity contribution in [3.63, 3.8) is 0 Å². The molecule has 2 fully saturated rings. The normalized spacial score (nSPS) is 25.2. The zero-order chi connectivity index (χ0) is 19.9. The van der Waals surface area contributed by atoms with E-state index in [-0.39, 0.29) is 0 Å². The third-order valence-corrected chi connectivity index (χ3v) is 6.98. The van der Waals surface area contributed by atoms with Crippen LogP contribution in [0.1, 0.15) is 59.1 Å². The summed E-state index contributed by atoms with van der Waals surface area (Å²) in [5.74, 6) is 1.88.